The zero-order chi connectivity index (χ0) is 41.2. The lowest BCUT2D eigenvalue weighted by atomic mass is 10.1. The number of rotatable bonds is 11. The first-order valence-corrected chi connectivity index (χ1v) is 17.7. The number of carbonyl (C=O) groups excluding carboxylic acids is 8. The van der Waals surface area contributed by atoms with E-state index in [2.05, 4.69) is 0 Å². The number of hydrogen-bond donors (Lipinski definition) is 0. The van der Waals surface area contributed by atoms with Crippen molar-refractivity contribution in [2.75, 3.05) is 20.2 Å². The third-order valence-electron chi connectivity index (χ3n) is 9.19. The van der Waals surface area contributed by atoms with Crippen LogP contribution in [0.4, 0.5) is 0 Å². The number of carbonyl (C=O) groups is 8. The summed E-state index contributed by atoms with van der Waals surface area (Å²) in [6, 6.07) is 23.4. The van der Waals surface area contributed by atoms with Gasteiger partial charge in [-0.05, 0) is 111 Å². The molecule has 0 saturated heterocycles. The van der Waals surface area contributed by atoms with E-state index in [1.165, 1.54) is 110 Å². The van der Waals surface area contributed by atoms with Crippen LogP contribution < -0.4 is 23.7 Å². The second kappa shape index (κ2) is 15.7. The highest BCUT2D eigenvalue weighted by Gasteiger charge is 2.36. The van der Waals surface area contributed by atoms with Crippen molar-refractivity contribution in [2.45, 2.75) is 13.8 Å². The maximum absolute atomic E-state index is 13.0. The van der Waals surface area contributed by atoms with Gasteiger partial charge in [0.25, 0.3) is 23.6 Å². The van der Waals surface area contributed by atoms with Crippen LogP contribution in [0.3, 0.4) is 0 Å². The van der Waals surface area contributed by atoms with Gasteiger partial charge in [-0.15, -0.1) is 0 Å². The van der Waals surface area contributed by atoms with Gasteiger partial charge in [-0.3, -0.25) is 29.0 Å². The minimum absolute atomic E-state index is 0.0160. The Balaban J connectivity index is 0.934. The van der Waals surface area contributed by atoms with Crippen LogP contribution >= 0.6 is 0 Å². The summed E-state index contributed by atoms with van der Waals surface area (Å²) in [6.07, 6.45) is 0. The molecule has 0 spiro atoms. The Labute approximate surface area is 329 Å². The molecule has 0 saturated carbocycles. The molecular weight excluding hydrogens is 752 g/mol. The topological polar surface area (TPSA) is 189 Å². The summed E-state index contributed by atoms with van der Waals surface area (Å²) in [7, 11) is 1.33. The lowest BCUT2D eigenvalue weighted by Crippen LogP contribution is -2.29. The normalized spacial score (nSPS) is 12.9. The summed E-state index contributed by atoms with van der Waals surface area (Å²) >= 11 is 0. The molecule has 290 valence electrons. The number of benzene rings is 5. The van der Waals surface area contributed by atoms with Gasteiger partial charge >= 0.3 is 23.9 Å². The molecule has 0 bridgehead atoms. The van der Waals surface area contributed by atoms with Gasteiger partial charge in [-0.1, -0.05) is 0 Å². The molecule has 5 aromatic rings. The largest absolute Gasteiger partial charge is 0.493 e. The molecule has 0 unspecified atom stereocenters. The summed E-state index contributed by atoms with van der Waals surface area (Å²) in [6.45, 7) is 3.75. The van der Waals surface area contributed by atoms with E-state index in [0.29, 0.717) is 0 Å². The van der Waals surface area contributed by atoms with Crippen molar-refractivity contribution >= 4 is 47.5 Å². The molecule has 0 N–H and O–H groups in total. The van der Waals surface area contributed by atoms with E-state index < -0.39 is 47.5 Å². The predicted octanol–water partition coefficient (Wildman–Crippen LogP) is 5.80. The zero-order valence-electron chi connectivity index (χ0n) is 30.9. The van der Waals surface area contributed by atoms with Crippen LogP contribution in [-0.2, 0) is 0 Å². The molecule has 0 aliphatic carbocycles. The van der Waals surface area contributed by atoms with Gasteiger partial charge < -0.3 is 23.7 Å². The number of hydrogen-bond acceptors (Lipinski definition) is 13. The minimum Gasteiger partial charge on any atom is -0.493 e. The van der Waals surface area contributed by atoms with Crippen LogP contribution in [0.5, 0.6) is 28.7 Å². The number of ether oxygens (including phenoxy) is 5. The monoisotopic (exact) mass is 782 g/mol. The Morgan fingerprint density at radius 3 is 1.21 bits per heavy atom. The van der Waals surface area contributed by atoms with Gasteiger partial charge in [-0.25, -0.2) is 19.2 Å². The molecule has 2 heterocycles. The number of methoxy groups -OCH3 is 1. The van der Waals surface area contributed by atoms with Crippen LogP contribution in [0, 0.1) is 0 Å². The fraction of sp³-hybridized carbons (Fsp3) is 0.116. The summed E-state index contributed by atoms with van der Waals surface area (Å²) < 4.78 is 27.1. The summed E-state index contributed by atoms with van der Waals surface area (Å²) in [5.41, 5.74) is 1.02. The molecule has 5 aromatic carbocycles. The second-order valence-corrected chi connectivity index (χ2v) is 12.6. The molecule has 0 atom stereocenters. The van der Waals surface area contributed by atoms with Crippen LogP contribution in [0.25, 0.3) is 0 Å². The van der Waals surface area contributed by atoms with Crippen molar-refractivity contribution < 1.29 is 62.0 Å². The molecule has 58 heavy (non-hydrogen) atoms. The van der Waals surface area contributed by atoms with Gasteiger partial charge in [0.05, 0.1) is 51.6 Å². The maximum Gasteiger partial charge on any atom is 0.343 e. The molecular formula is C43H30N2O13. The number of imide groups is 2. The molecule has 2 aliphatic heterocycles. The molecule has 0 aromatic heterocycles. The molecule has 15 nitrogen and oxygen atoms in total. The van der Waals surface area contributed by atoms with Crippen LogP contribution in [0.1, 0.15) is 96.7 Å². The highest BCUT2D eigenvalue weighted by atomic mass is 16.6. The van der Waals surface area contributed by atoms with E-state index in [9.17, 15) is 38.4 Å². The van der Waals surface area contributed by atoms with Crippen LogP contribution in [0.15, 0.2) is 103 Å². The number of fused-ring (bicyclic) bond motifs is 2. The van der Waals surface area contributed by atoms with E-state index in [0.717, 1.165) is 9.80 Å². The Hall–Kier alpha value is -7.94. The van der Waals surface area contributed by atoms with E-state index in [-0.39, 0.29) is 86.3 Å². The predicted molar refractivity (Wildman–Crippen MR) is 201 cm³/mol. The van der Waals surface area contributed by atoms with Crippen molar-refractivity contribution in [1.29, 1.82) is 0 Å². The number of nitrogens with zero attached hydrogens (tertiary/aromatic N) is 2. The molecule has 0 radical (unpaired) electrons. The molecule has 15 heteroatoms. The molecule has 7 rings (SSSR count). The highest BCUT2D eigenvalue weighted by molar-refractivity contribution is 6.22. The van der Waals surface area contributed by atoms with E-state index in [1.54, 1.807) is 13.8 Å². The third-order valence-corrected chi connectivity index (χ3v) is 9.19. The third kappa shape index (κ3) is 7.26. The lowest BCUT2D eigenvalue weighted by molar-refractivity contribution is 0.0647. The van der Waals surface area contributed by atoms with Gasteiger partial charge in [0.15, 0.2) is 11.5 Å². The number of esters is 4. The second-order valence-electron chi connectivity index (χ2n) is 12.6. The molecule has 0 fully saturated rings. The maximum atomic E-state index is 13.0. The lowest BCUT2D eigenvalue weighted by Gasteiger charge is -2.12. The summed E-state index contributed by atoms with van der Waals surface area (Å²) in [5, 5.41) is 0. The quantitative estimate of drug-likeness (QED) is 0.0889. The van der Waals surface area contributed by atoms with Crippen molar-refractivity contribution in [3.8, 4) is 28.7 Å². The van der Waals surface area contributed by atoms with Crippen molar-refractivity contribution in [1.82, 2.24) is 9.80 Å². The van der Waals surface area contributed by atoms with Crippen molar-refractivity contribution in [3.63, 3.8) is 0 Å². The fourth-order valence-electron chi connectivity index (χ4n) is 6.18. The highest BCUT2D eigenvalue weighted by Crippen LogP contribution is 2.33. The van der Waals surface area contributed by atoms with Gasteiger partial charge in [0.1, 0.15) is 17.2 Å². The van der Waals surface area contributed by atoms with Crippen LogP contribution in [-0.4, -0.2) is 77.5 Å². The Morgan fingerprint density at radius 2 is 0.776 bits per heavy atom. The average molecular weight is 783 g/mol. The van der Waals surface area contributed by atoms with Crippen LogP contribution in [0.2, 0.25) is 0 Å². The zero-order valence-corrected chi connectivity index (χ0v) is 30.9. The molecule has 4 amide bonds. The summed E-state index contributed by atoms with van der Waals surface area (Å²) in [5.74, 6) is -4.52. The van der Waals surface area contributed by atoms with Gasteiger partial charge in [-0.2, -0.15) is 0 Å². The van der Waals surface area contributed by atoms with Crippen molar-refractivity contribution in [3.05, 3.63) is 148 Å². The Bertz CT molecular complexity index is 2580. The summed E-state index contributed by atoms with van der Waals surface area (Å²) in [4.78, 5) is 103. The van der Waals surface area contributed by atoms with Gasteiger partial charge in [0, 0.05) is 19.2 Å². The smallest absolute Gasteiger partial charge is 0.343 e. The first-order valence-electron chi connectivity index (χ1n) is 17.7. The van der Waals surface area contributed by atoms with Gasteiger partial charge in [0.2, 0.25) is 0 Å². The SMILES string of the molecule is CCN1C(=O)c2ccc(C(=O)Oc3ccc(C(=O)Oc4ccc(OC(=O)c5ccc(OC(=O)c6ccc7c(c6)C(=O)N(CC)C7=O)cc5)c(OC)c4)cc3)cc2C1=O. The fourth-order valence-corrected chi connectivity index (χ4v) is 6.18. The molecule has 2 aliphatic rings. The minimum atomic E-state index is -0.771. The average Bonchev–Trinajstić information content (AvgIpc) is 3.63. The Morgan fingerprint density at radius 1 is 0.414 bits per heavy atom. The Kier molecular flexibility index (Phi) is 10.4. The van der Waals surface area contributed by atoms with E-state index in [4.69, 9.17) is 23.7 Å². The van der Waals surface area contributed by atoms with Crippen molar-refractivity contribution in [2.24, 2.45) is 0 Å². The first-order chi connectivity index (χ1) is 27.9. The first kappa shape index (κ1) is 38.3. The van der Waals surface area contributed by atoms with E-state index in [1.807, 2.05) is 0 Å². The number of amides is 4. The van der Waals surface area contributed by atoms with E-state index >= 15 is 0 Å². The standard InChI is InChI=1S/C43H30N2O13/c1-4-44-36(46)30-17-10-25(20-32(30)38(44)48)42(52)55-27-12-6-23(7-13-27)40(50)57-29-16-19-34(35(22-29)54-3)58-41(51)24-8-14-28(15-9-24)56-43(53)26-11-18-31-33(21-26)39(49)45(5-2)37(31)47/h6-22H,4-5H2,1-3H3.